The average molecular weight is 227 g/mol. The molecule has 0 heterocycles. The van der Waals surface area contributed by atoms with E-state index in [1.165, 1.54) is 13.5 Å². The van der Waals surface area contributed by atoms with Crippen molar-refractivity contribution in [3.63, 3.8) is 0 Å². The molecule has 0 aliphatic heterocycles. The van der Waals surface area contributed by atoms with Crippen LogP contribution in [0.2, 0.25) is 0 Å². The first-order chi connectivity index (χ1) is 7.64. The minimum absolute atomic E-state index is 0.0740. The van der Waals surface area contributed by atoms with Crippen molar-refractivity contribution < 1.29 is 9.53 Å². The lowest BCUT2D eigenvalue weighted by Gasteiger charge is -2.31. The van der Waals surface area contributed by atoms with Crippen LogP contribution in [0.15, 0.2) is 0 Å². The normalized spacial score (nSPS) is 30.8. The molecule has 1 aliphatic rings. The number of hydrogen-bond donors (Lipinski definition) is 1. The highest BCUT2D eigenvalue weighted by Gasteiger charge is 2.39. The molecule has 0 bridgehead atoms. The van der Waals surface area contributed by atoms with Crippen molar-refractivity contribution in [3.8, 4) is 0 Å². The van der Waals surface area contributed by atoms with Crippen LogP contribution >= 0.6 is 0 Å². The summed E-state index contributed by atoms with van der Waals surface area (Å²) in [5, 5.41) is 3.42. The van der Waals surface area contributed by atoms with Gasteiger partial charge in [-0.05, 0) is 38.1 Å². The summed E-state index contributed by atoms with van der Waals surface area (Å²) in [5.74, 6) is 0.657. The summed E-state index contributed by atoms with van der Waals surface area (Å²) < 4.78 is 4.98. The number of rotatable bonds is 4. The molecule has 0 aromatic rings. The van der Waals surface area contributed by atoms with Crippen molar-refractivity contribution in [3.05, 3.63) is 0 Å². The van der Waals surface area contributed by atoms with Crippen LogP contribution in [-0.4, -0.2) is 25.2 Å². The van der Waals surface area contributed by atoms with Crippen molar-refractivity contribution in [1.82, 2.24) is 5.32 Å². The van der Waals surface area contributed by atoms with E-state index in [1.807, 2.05) is 0 Å². The molecular formula is C13H25NO2. The molecule has 1 N–H and O–H groups in total. The van der Waals surface area contributed by atoms with E-state index in [0.29, 0.717) is 0 Å². The third-order valence-electron chi connectivity index (χ3n) is 3.65. The second-order valence-corrected chi connectivity index (χ2v) is 5.04. The van der Waals surface area contributed by atoms with Gasteiger partial charge < -0.3 is 10.1 Å². The third kappa shape index (κ3) is 3.21. The maximum atomic E-state index is 12.0. The molecule has 2 unspecified atom stereocenters. The second kappa shape index (κ2) is 6.24. The van der Waals surface area contributed by atoms with Crippen LogP contribution in [0.3, 0.4) is 0 Å². The number of carbonyl (C=O) groups excluding carboxylic acids is 1. The molecule has 0 aromatic carbocycles. The molecule has 1 rings (SSSR count). The second-order valence-electron chi connectivity index (χ2n) is 5.04. The van der Waals surface area contributed by atoms with E-state index in [1.54, 1.807) is 0 Å². The Labute approximate surface area is 98.9 Å². The number of carbonyl (C=O) groups is 1. The Morgan fingerprint density at radius 1 is 1.44 bits per heavy atom. The van der Waals surface area contributed by atoms with Gasteiger partial charge in [-0.25, -0.2) is 0 Å². The van der Waals surface area contributed by atoms with Crippen molar-refractivity contribution in [2.75, 3.05) is 13.7 Å². The van der Waals surface area contributed by atoms with Gasteiger partial charge in [0.1, 0.15) is 5.54 Å². The van der Waals surface area contributed by atoms with Crippen LogP contribution < -0.4 is 5.32 Å². The lowest BCUT2D eigenvalue weighted by molar-refractivity contribution is -0.149. The largest absolute Gasteiger partial charge is 0.468 e. The number of esters is 1. The van der Waals surface area contributed by atoms with E-state index in [0.717, 1.165) is 44.6 Å². The van der Waals surface area contributed by atoms with E-state index in [9.17, 15) is 4.79 Å². The predicted octanol–water partition coefficient (Wildman–Crippen LogP) is 2.50. The Kier molecular flexibility index (Phi) is 5.26. The summed E-state index contributed by atoms with van der Waals surface area (Å²) in [4.78, 5) is 12.0. The van der Waals surface area contributed by atoms with Crippen LogP contribution in [0.1, 0.15) is 52.4 Å². The molecule has 94 valence electrons. The Morgan fingerprint density at radius 2 is 2.19 bits per heavy atom. The summed E-state index contributed by atoms with van der Waals surface area (Å²) >= 11 is 0. The van der Waals surface area contributed by atoms with E-state index >= 15 is 0 Å². The highest BCUT2D eigenvalue weighted by molar-refractivity contribution is 5.80. The zero-order valence-electron chi connectivity index (χ0n) is 10.8. The minimum atomic E-state index is -0.407. The van der Waals surface area contributed by atoms with Crippen LogP contribution in [-0.2, 0) is 9.53 Å². The Hall–Kier alpha value is -0.570. The van der Waals surface area contributed by atoms with Gasteiger partial charge in [-0.1, -0.05) is 26.7 Å². The number of ether oxygens (including phenoxy) is 1. The Bertz CT molecular complexity index is 226. The van der Waals surface area contributed by atoms with Gasteiger partial charge in [0.05, 0.1) is 7.11 Å². The molecule has 1 fully saturated rings. The SMILES string of the molecule is CCCNC1(C(=O)OC)CCCC(C)CC1. The Balaban J connectivity index is 2.72. The summed E-state index contributed by atoms with van der Waals surface area (Å²) in [6.45, 7) is 5.29. The summed E-state index contributed by atoms with van der Waals surface area (Å²) in [5.41, 5.74) is -0.407. The third-order valence-corrected chi connectivity index (χ3v) is 3.65. The fourth-order valence-corrected chi connectivity index (χ4v) is 2.53. The lowest BCUT2D eigenvalue weighted by atomic mass is 9.89. The molecule has 1 saturated carbocycles. The number of methoxy groups -OCH3 is 1. The van der Waals surface area contributed by atoms with Crippen LogP contribution in [0.4, 0.5) is 0 Å². The van der Waals surface area contributed by atoms with Crippen molar-refractivity contribution in [2.45, 2.75) is 57.9 Å². The van der Waals surface area contributed by atoms with Crippen molar-refractivity contribution in [2.24, 2.45) is 5.92 Å². The topological polar surface area (TPSA) is 38.3 Å². The van der Waals surface area contributed by atoms with Crippen LogP contribution in [0.5, 0.6) is 0 Å². The molecule has 0 radical (unpaired) electrons. The lowest BCUT2D eigenvalue weighted by Crippen LogP contribution is -2.52. The van der Waals surface area contributed by atoms with Crippen molar-refractivity contribution >= 4 is 5.97 Å². The number of nitrogens with one attached hydrogen (secondary N) is 1. The van der Waals surface area contributed by atoms with E-state index in [2.05, 4.69) is 19.2 Å². The maximum absolute atomic E-state index is 12.0. The molecule has 0 amide bonds. The van der Waals surface area contributed by atoms with E-state index < -0.39 is 5.54 Å². The first-order valence-electron chi connectivity index (χ1n) is 6.48. The first kappa shape index (κ1) is 13.5. The zero-order valence-corrected chi connectivity index (χ0v) is 10.8. The highest BCUT2D eigenvalue weighted by Crippen LogP contribution is 2.31. The Morgan fingerprint density at radius 3 is 2.81 bits per heavy atom. The summed E-state index contributed by atoms with van der Waals surface area (Å²) in [7, 11) is 1.49. The molecule has 2 atom stereocenters. The fourth-order valence-electron chi connectivity index (χ4n) is 2.53. The van der Waals surface area contributed by atoms with Gasteiger partial charge in [-0.3, -0.25) is 4.79 Å². The van der Waals surface area contributed by atoms with E-state index in [4.69, 9.17) is 4.74 Å². The standard InChI is InChI=1S/C13H25NO2/c1-4-10-14-13(12(15)16-3)8-5-6-11(2)7-9-13/h11,14H,4-10H2,1-3H3. The van der Waals surface area contributed by atoms with Crippen molar-refractivity contribution in [1.29, 1.82) is 0 Å². The summed E-state index contributed by atoms with van der Waals surface area (Å²) in [6, 6.07) is 0. The van der Waals surface area contributed by atoms with Gasteiger partial charge in [-0.2, -0.15) is 0 Å². The molecule has 0 aromatic heterocycles. The molecule has 1 aliphatic carbocycles. The van der Waals surface area contributed by atoms with Gasteiger partial charge >= 0.3 is 5.97 Å². The van der Waals surface area contributed by atoms with Gasteiger partial charge in [0, 0.05) is 0 Å². The zero-order chi connectivity index (χ0) is 12.0. The van der Waals surface area contributed by atoms with Gasteiger partial charge in [0.15, 0.2) is 0 Å². The van der Waals surface area contributed by atoms with Gasteiger partial charge in [0.25, 0.3) is 0 Å². The minimum Gasteiger partial charge on any atom is -0.468 e. The first-order valence-corrected chi connectivity index (χ1v) is 6.48. The van der Waals surface area contributed by atoms with Crippen LogP contribution in [0.25, 0.3) is 0 Å². The predicted molar refractivity (Wildman–Crippen MR) is 65.3 cm³/mol. The molecular weight excluding hydrogens is 202 g/mol. The molecule has 3 nitrogen and oxygen atoms in total. The molecule has 0 saturated heterocycles. The molecule has 3 heteroatoms. The molecule has 0 spiro atoms. The average Bonchev–Trinajstić information content (AvgIpc) is 2.49. The smallest absolute Gasteiger partial charge is 0.326 e. The summed E-state index contributed by atoms with van der Waals surface area (Å²) in [6.07, 6.45) is 6.35. The fraction of sp³-hybridized carbons (Fsp3) is 0.923. The quantitative estimate of drug-likeness (QED) is 0.592. The van der Waals surface area contributed by atoms with Gasteiger partial charge in [0.2, 0.25) is 0 Å². The van der Waals surface area contributed by atoms with E-state index in [-0.39, 0.29) is 5.97 Å². The van der Waals surface area contributed by atoms with Crippen LogP contribution in [0, 0.1) is 5.92 Å². The maximum Gasteiger partial charge on any atom is 0.326 e. The number of hydrogen-bond acceptors (Lipinski definition) is 3. The van der Waals surface area contributed by atoms with Gasteiger partial charge in [-0.15, -0.1) is 0 Å². The molecule has 16 heavy (non-hydrogen) atoms. The monoisotopic (exact) mass is 227 g/mol. The highest BCUT2D eigenvalue weighted by atomic mass is 16.5.